The Morgan fingerprint density at radius 2 is 2.11 bits per heavy atom. The fourth-order valence-corrected chi connectivity index (χ4v) is 3.19. The van der Waals surface area contributed by atoms with Crippen LogP contribution >= 0.6 is 0 Å². The molecule has 104 valence electrons. The van der Waals surface area contributed by atoms with Crippen LogP contribution in [-0.2, 0) is 14.6 Å². The van der Waals surface area contributed by atoms with Gasteiger partial charge >= 0.3 is 0 Å². The zero-order chi connectivity index (χ0) is 14.2. The van der Waals surface area contributed by atoms with Crippen molar-refractivity contribution < 1.29 is 17.6 Å². The average molecular weight is 286 g/mol. The Hall–Kier alpha value is -1.63. The molecule has 0 bridgehead atoms. The van der Waals surface area contributed by atoms with Crippen LogP contribution in [0.15, 0.2) is 23.1 Å². The van der Waals surface area contributed by atoms with Crippen molar-refractivity contribution >= 4 is 21.4 Å². The number of halogens is 1. The summed E-state index contributed by atoms with van der Waals surface area (Å²) in [5.41, 5.74) is 5.48. The maximum Gasteiger partial charge on any atom is 0.238 e. The van der Waals surface area contributed by atoms with Crippen LogP contribution in [0.5, 0.6) is 0 Å². The topological polar surface area (TPSA) is 80.5 Å². The number of nitrogen functional groups attached to an aromatic ring is 1. The van der Waals surface area contributed by atoms with Crippen molar-refractivity contribution in [2.45, 2.75) is 23.8 Å². The second-order valence-corrected chi connectivity index (χ2v) is 6.64. The SMILES string of the molecule is CN(C(=O)CS(=O)(=O)c1cc(F)ccc1N)C1CC1. The lowest BCUT2D eigenvalue weighted by atomic mass is 10.3. The molecule has 0 atom stereocenters. The van der Waals surface area contributed by atoms with E-state index in [1.807, 2.05) is 0 Å². The molecule has 0 saturated heterocycles. The van der Waals surface area contributed by atoms with Gasteiger partial charge in [0.25, 0.3) is 0 Å². The van der Waals surface area contributed by atoms with E-state index in [9.17, 15) is 17.6 Å². The van der Waals surface area contributed by atoms with Crippen LogP contribution in [0.1, 0.15) is 12.8 Å². The van der Waals surface area contributed by atoms with Crippen molar-refractivity contribution in [2.24, 2.45) is 0 Å². The molecule has 1 saturated carbocycles. The highest BCUT2D eigenvalue weighted by atomic mass is 32.2. The van der Waals surface area contributed by atoms with Gasteiger partial charge in [0.1, 0.15) is 11.6 Å². The standard InChI is InChI=1S/C12H15FN2O3S/c1-15(9-3-4-9)12(16)7-19(17,18)11-6-8(13)2-5-10(11)14/h2,5-6,9H,3-4,7,14H2,1H3. The summed E-state index contributed by atoms with van der Waals surface area (Å²) in [6, 6.07) is 3.23. The first-order valence-corrected chi connectivity index (χ1v) is 7.50. The molecule has 0 heterocycles. The molecule has 0 spiro atoms. The summed E-state index contributed by atoms with van der Waals surface area (Å²) >= 11 is 0. The van der Waals surface area contributed by atoms with Gasteiger partial charge in [-0.2, -0.15) is 0 Å². The second-order valence-electron chi connectivity index (χ2n) is 4.68. The lowest BCUT2D eigenvalue weighted by Gasteiger charge is -2.16. The van der Waals surface area contributed by atoms with Gasteiger partial charge in [-0.25, -0.2) is 12.8 Å². The number of nitrogens with two attached hydrogens (primary N) is 1. The molecule has 0 aliphatic heterocycles. The zero-order valence-corrected chi connectivity index (χ0v) is 11.3. The summed E-state index contributed by atoms with van der Waals surface area (Å²) in [6.45, 7) is 0. The van der Waals surface area contributed by atoms with E-state index in [0.717, 1.165) is 25.0 Å². The van der Waals surface area contributed by atoms with Crippen molar-refractivity contribution in [3.05, 3.63) is 24.0 Å². The summed E-state index contributed by atoms with van der Waals surface area (Å²) in [7, 11) is -2.35. The first-order chi connectivity index (χ1) is 8.81. The Bertz CT molecular complexity index is 611. The van der Waals surface area contributed by atoms with Crippen LogP contribution in [0.4, 0.5) is 10.1 Å². The molecule has 7 heteroatoms. The highest BCUT2D eigenvalue weighted by Gasteiger charge is 2.32. The summed E-state index contributed by atoms with van der Waals surface area (Å²) in [5.74, 6) is -1.88. The fourth-order valence-electron chi connectivity index (χ4n) is 1.79. The molecule has 1 aliphatic carbocycles. The Kier molecular flexibility index (Phi) is 3.49. The van der Waals surface area contributed by atoms with E-state index in [-0.39, 0.29) is 16.6 Å². The van der Waals surface area contributed by atoms with Gasteiger partial charge in [-0.15, -0.1) is 0 Å². The predicted molar refractivity (Wildman–Crippen MR) is 68.7 cm³/mol. The van der Waals surface area contributed by atoms with Crippen LogP contribution in [-0.4, -0.2) is 38.1 Å². The monoisotopic (exact) mass is 286 g/mol. The summed E-state index contributed by atoms with van der Waals surface area (Å²) in [4.78, 5) is 12.9. The normalized spacial score (nSPS) is 15.3. The van der Waals surface area contributed by atoms with Gasteiger partial charge in [0.15, 0.2) is 9.84 Å². The van der Waals surface area contributed by atoms with Gasteiger partial charge in [0, 0.05) is 13.1 Å². The van der Waals surface area contributed by atoms with Crippen LogP contribution < -0.4 is 5.73 Å². The van der Waals surface area contributed by atoms with Crippen LogP contribution in [0.25, 0.3) is 0 Å². The van der Waals surface area contributed by atoms with Crippen molar-refractivity contribution in [2.75, 3.05) is 18.5 Å². The molecule has 0 unspecified atom stereocenters. The molecular formula is C12H15FN2O3S. The third-order valence-corrected chi connectivity index (χ3v) is 4.76. The van der Waals surface area contributed by atoms with Gasteiger partial charge in [0.2, 0.25) is 5.91 Å². The molecule has 1 aromatic rings. The maximum absolute atomic E-state index is 13.1. The lowest BCUT2D eigenvalue weighted by Crippen LogP contribution is -2.34. The number of anilines is 1. The number of hydrogen-bond donors (Lipinski definition) is 1. The van der Waals surface area contributed by atoms with Crippen molar-refractivity contribution in [3.8, 4) is 0 Å². The fraction of sp³-hybridized carbons (Fsp3) is 0.417. The van der Waals surface area contributed by atoms with E-state index in [0.29, 0.717) is 0 Å². The minimum atomic E-state index is -3.92. The highest BCUT2D eigenvalue weighted by Crippen LogP contribution is 2.26. The third kappa shape index (κ3) is 3.04. The molecule has 1 aromatic carbocycles. The van der Waals surface area contributed by atoms with E-state index in [1.54, 1.807) is 7.05 Å². The molecule has 1 aliphatic rings. The number of hydrogen-bond acceptors (Lipinski definition) is 4. The summed E-state index contributed by atoms with van der Waals surface area (Å²) in [6.07, 6.45) is 1.79. The maximum atomic E-state index is 13.1. The van der Waals surface area contributed by atoms with Gasteiger partial charge in [-0.3, -0.25) is 4.79 Å². The number of amides is 1. The van der Waals surface area contributed by atoms with Crippen LogP contribution in [0.3, 0.4) is 0 Å². The first kappa shape index (κ1) is 13.8. The molecule has 1 fully saturated rings. The lowest BCUT2D eigenvalue weighted by molar-refractivity contribution is -0.127. The van der Waals surface area contributed by atoms with Crippen molar-refractivity contribution in [3.63, 3.8) is 0 Å². The Balaban J connectivity index is 2.22. The number of carbonyl (C=O) groups is 1. The van der Waals surface area contributed by atoms with E-state index in [1.165, 1.54) is 11.0 Å². The van der Waals surface area contributed by atoms with Crippen molar-refractivity contribution in [1.82, 2.24) is 4.90 Å². The van der Waals surface area contributed by atoms with E-state index >= 15 is 0 Å². The number of benzene rings is 1. The molecule has 1 amide bonds. The molecular weight excluding hydrogens is 271 g/mol. The Morgan fingerprint density at radius 3 is 2.68 bits per heavy atom. The molecule has 0 radical (unpaired) electrons. The molecule has 2 N–H and O–H groups in total. The minimum Gasteiger partial charge on any atom is -0.398 e. The highest BCUT2D eigenvalue weighted by molar-refractivity contribution is 7.92. The number of sulfone groups is 1. The van der Waals surface area contributed by atoms with Gasteiger partial charge in [-0.05, 0) is 31.0 Å². The number of rotatable bonds is 4. The van der Waals surface area contributed by atoms with Gasteiger partial charge in [0.05, 0.1) is 10.6 Å². The minimum absolute atomic E-state index is 0.0525. The largest absolute Gasteiger partial charge is 0.398 e. The molecule has 2 rings (SSSR count). The second kappa shape index (κ2) is 4.80. The van der Waals surface area contributed by atoms with E-state index in [4.69, 9.17) is 5.73 Å². The van der Waals surface area contributed by atoms with Crippen molar-refractivity contribution in [1.29, 1.82) is 0 Å². The Labute approximate surface area is 111 Å². The quantitative estimate of drug-likeness (QED) is 0.830. The van der Waals surface area contributed by atoms with E-state index < -0.39 is 27.3 Å². The predicted octanol–water partition coefficient (Wildman–Crippen LogP) is 0.802. The van der Waals surface area contributed by atoms with Crippen LogP contribution in [0, 0.1) is 5.82 Å². The van der Waals surface area contributed by atoms with Crippen LogP contribution in [0.2, 0.25) is 0 Å². The summed E-state index contributed by atoms with van der Waals surface area (Å²) in [5, 5.41) is 0. The molecule has 19 heavy (non-hydrogen) atoms. The Morgan fingerprint density at radius 1 is 1.47 bits per heavy atom. The van der Waals surface area contributed by atoms with Gasteiger partial charge in [-0.1, -0.05) is 0 Å². The summed E-state index contributed by atoms with van der Waals surface area (Å²) < 4.78 is 37.2. The molecule has 0 aromatic heterocycles. The third-order valence-electron chi connectivity index (χ3n) is 3.11. The van der Waals surface area contributed by atoms with Gasteiger partial charge < -0.3 is 10.6 Å². The van der Waals surface area contributed by atoms with E-state index in [2.05, 4.69) is 0 Å². The number of carbonyl (C=O) groups excluding carboxylic acids is 1. The zero-order valence-electron chi connectivity index (χ0n) is 10.5. The first-order valence-electron chi connectivity index (χ1n) is 5.85. The average Bonchev–Trinajstić information content (AvgIpc) is 3.14. The molecule has 5 nitrogen and oxygen atoms in total. The smallest absolute Gasteiger partial charge is 0.238 e. The number of nitrogens with zero attached hydrogens (tertiary/aromatic N) is 1.